The number of carbonyl (C=O) groups excluding carboxylic acids is 1. The fraction of sp³-hybridized carbons (Fsp3) is 0.143. The van der Waals surface area contributed by atoms with Crippen LogP contribution in [-0.2, 0) is 17.3 Å². The molecule has 0 spiro atoms. The predicted octanol–water partition coefficient (Wildman–Crippen LogP) is 5.03. The number of carbonyl (C=O) groups is 1. The Bertz CT molecular complexity index is 1890. The lowest BCUT2D eigenvalue weighted by molar-refractivity contribution is 0.114. The summed E-state index contributed by atoms with van der Waals surface area (Å²) in [5.74, 6) is -1.52. The number of urea groups is 1. The summed E-state index contributed by atoms with van der Waals surface area (Å²) in [4.78, 5) is 49.0. The third kappa shape index (κ3) is 5.36. The van der Waals surface area contributed by atoms with Crippen molar-refractivity contribution < 1.29 is 23.1 Å². The lowest BCUT2D eigenvalue weighted by Crippen LogP contribution is -2.39. The lowest BCUT2D eigenvalue weighted by atomic mass is 10.1. The molecule has 0 saturated carbocycles. The number of ether oxygens (including phenoxy) is 1. The van der Waals surface area contributed by atoms with E-state index in [0.29, 0.717) is 21.7 Å². The van der Waals surface area contributed by atoms with E-state index in [4.69, 9.17) is 16.3 Å². The lowest BCUT2D eigenvalue weighted by Gasteiger charge is -2.13. The molecule has 0 aliphatic heterocycles. The Hall–Kier alpha value is -4.59. The summed E-state index contributed by atoms with van der Waals surface area (Å²) in [6.07, 6.45) is 1.29. The molecule has 14 heteroatoms. The number of halogens is 3. The Morgan fingerprint density at radius 3 is 2.33 bits per heavy atom. The number of amides is 2. The standard InChI is InChI=1S/C28H22ClF2N5O5S/c1-40-22-11-10-17(13-32-22)36-25(37)23-18(12-29)24(15-6-8-16(9-7-15)33-27(38)34-41-2)42-26(23)35(28(36)39)14-19-20(30)4-3-5-21(19)31/h3-11,13H,12,14H2,1-2H3,(H2,33,34,38). The van der Waals surface area contributed by atoms with Crippen molar-refractivity contribution >= 4 is 44.9 Å². The van der Waals surface area contributed by atoms with Gasteiger partial charge in [0.2, 0.25) is 5.88 Å². The monoisotopic (exact) mass is 613 g/mol. The van der Waals surface area contributed by atoms with Crippen LogP contribution in [0.15, 0.2) is 70.4 Å². The first-order chi connectivity index (χ1) is 20.3. The van der Waals surface area contributed by atoms with Crippen LogP contribution in [0.5, 0.6) is 5.88 Å². The van der Waals surface area contributed by atoms with Crippen molar-refractivity contribution in [1.82, 2.24) is 19.6 Å². The van der Waals surface area contributed by atoms with Crippen LogP contribution in [0.4, 0.5) is 19.3 Å². The van der Waals surface area contributed by atoms with E-state index in [1.54, 1.807) is 24.3 Å². The largest absolute Gasteiger partial charge is 0.481 e. The maximum atomic E-state index is 14.7. The molecule has 0 aliphatic carbocycles. The SMILES string of the molecule is CONC(=O)Nc1ccc(-c2sc3c(c2CCl)c(=O)n(-c2ccc(OC)nc2)c(=O)n3Cc2c(F)cccc2F)cc1. The zero-order valence-corrected chi connectivity index (χ0v) is 23.7. The molecule has 0 atom stereocenters. The highest BCUT2D eigenvalue weighted by Gasteiger charge is 2.24. The Balaban J connectivity index is 1.75. The van der Waals surface area contributed by atoms with Gasteiger partial charge in [-0.05, 0) is 35.9 Å². The highest BCUT2D eigenvalue weighted by atomic mass is 35.5. The van der Waals surface area contributed by atoms with Gasteiger partial charge in [-0.3, -0.25) is 14.2 Å². The molecule has 216 valence electrons. The minimum atomic E-state index is -0.839. The van der Waals surface area contributed by atoms with Crippen molar-refractivity contribution in [3.8, 4) is 22.0 Å². The van der Waals surface area contributed by atoms with Crippen LogP contribution in [0.1, 0.15) is 11.1 Å². The van der Waals surface area contributed by atoms with Gasteiger partial charge < -0.3 is 10.1 Å². The summed E-state index contributed by atoms with van der Waals surface area (Å²) in [6.45, 7) is -0.489. The number of nitrogens with one attached hydrogen (secondary N) is 2. The average Bonchev–Trinajstić information content (AvgIpc) is 3.37. The van der Waals surface area contributed by atoms with Gasteiger partial charge in [-0.1, -0.05) is 18.2 Å². The normalized spacial score (nSPS) is 11.1. The molecule has 0 unspecified atom stereocenters. The van der Waals surface area contributed by atoms with E-state index in [2.05, 4.69) is 20.6 Å². The Kier molecular flexibility index (Phi) is 8.34. The summed E-state index contributed by atoms with van der Waals surface area (Å²) in [5.41, 5.74) is 1.98. The number of methoxy groups -OCH3 is 1. The van der Waals surface area contributed by atoms with Crippen LogP contribution >= 0.6 is 22.9 Å². The zero-order chi connectivity index (χ0) is 30.0. The molecule has 3 heterocycles. The molecule has 2 aromatic carbocycles. The zero-order valence-electron chi connectivity index (χ0n) is 22.1. The van der Waals surface area contributed by atoms with E-state index in [1.807, 2.05) is 0 Å². The third-order valence-electron chi connectivity index (χ3n) is 6.37. The number of anilines is 1. The summed E-state index contributed by atoms with van der Waals surface area (Å²) < 4.78 is 36.6. The van der Waals surface area contributed by atoms with Gasteiger partial charge in [0.05, 0.1) is 38.0 Å². The van der Waals surface area contributed by atoms with Gasteiger partial charge in [0, 0.05) is 33.6 Å². The predicted molar refractivity (Wildman–Crippen MR) is 156 cm³/mol. The van der Waals surface area contributed by atoms with Crippen LogP contribution in [-0.4, -0.2) is 34.4 Å². The number of hydroxylamine groups is 1. The number of pyridine rings is 1. The van der Waals surface area contributed by atoms with Crippen molar-refractivity contribution in [2.45, 2.75) is 12.4 Å². The molecule has 5 rings (SSSR count). The molecule has 0 fully saturated rings. The summed E-state index contributed by atoms with van der Waals surface area (Å²) in [6, 6.07) is 12.5. The van der Waals surface area contributed by atoms with E-state index >= 15 is 0 Å². The van der Waals surface area contributed by atoms with Crippen LogP contribution < -0.4 is 26.8 Å². The molecule has 0 bridgehead atoms. The third-order valence-corrected chi connectivity index (χ3v) is 7.94. The molecule has 42 heavy (non-hydrogen) atoms. The molecular formula is C28H22ClF2N5O5S. The van der Waals surface area contributed by atoms with Crippen molar-refractivity contribution in [1.29, 1.82) is 0 Å². The topological polar surface area (TPSA) is 116 Å². The Morgan fingerprint density at radius 2 is 1.74 bits per heavy atom. The maximum Gasteiger partial charge on any atom is 0.343 e. The van der Waals surface area contributed by atoms with E-state index < -0.39 is 35.5 Å². The first kappa shape index (κ1) is 28.9. The second kappa shape index (κ2) is 12.1. The van der Waals surface area contributed by atoms with Crippen LogP contribution in [0, 0.1) is 11.6 Å². The van der Waals surface area contributed by atoms with Gasteiger partial charge in [0.1, 0.15) is 16.5 Å². The number of aromatic nitrogens is 3. The average molecular weight is 614 g/mol. The minimum absolute atomic E-state index is 0.103. The fourth-order valence-corrected chi connectivity index (χ4v) is 6.07. The van der Waals surface area contributed by atoms with E-state index in [0.717, 1.165) is 32.6 Å². The number of rotatable bonds is 8. The number of nitrogens with zero attached hydrogens (tertiary/aromatic N) is 3. The number of fused-ring (bicyclic) bond motifs is 1. The summed E-state index contributed by atoms with van der Waals surface area (Å²) in [7, 11) is 2.73. The van der Waals surface area contributed by atoms with E-state index in [-0.39, 0.29) is 33.2 Å². The molecule has 0 radical (unpaired) electrons. The fourth-order valence-electron chi connectivity index (χ4n) is 4.42. The quantitative estimate of drug-likeness (QED) is 0.187. The summed E-state index contributed by atoms with van der Waals surface area (Å²) >= 11 is 7.48. The van der Waals surface area contributed by atoms with Gasteiger partial charge in [-0.2, -0.15) is 0 Å². The van der Waals surface area contributed by atoms with Crippen molar-refractivity contribution in [2.75, 3.05) is 19.5 Å². The van der Waals surface area contributed by atoms with Gasteiger partial charge in [-0.15, -0.1) is 22.9 Å². The van der Waals surface area contributed by atoms with Crippen LogP contribution in [0.25, 0.3) is 26.3 Å². The molecule has 2 N–H and O–H groups in total. The van der Waals surface area contributed by atoms with E-state index in [1.165, 1.54) is 38.6 Å². The van der Waals surface area contributed by atoms with Crippen molar-refractivity contribution in [3.05, 3.63) is 104 Å². The van der Waals surface area contributed by atoms with Crippen molar-refractivity contribution in [2.24, 2.45) is 0 Å². The second-order valence-corrected chi connectivity index (χ2v) is 10.1. The second-order valence-electron chi connectivity index (χ2n) is 8.83. The molecule has 0 saturated heterocycles. The number of thiophene rings is 1. The molecule has 3 aromatic heterocycles. The number of benzene rings is 2. The van der Waals surface area contributed by atoms with E-state index in [9.17, 15) is 23.2 Å². The minimum Gasteiger partial charge on any atom is -0.481 e. The Morgan fingerprint density at radius 1 is 1.02 bits per heavy atom. The van der Waals surface area contributed by atoms with Gasteiger partial charge in [0.25, 0.3) is 5.56 Å². The molecule has 2 amide bonds. The van der Waals surface area contributed by atoms with Crippen molar-refractivity contribution in [3.63, 3.8) is 0 Å². The Labute approximate surface area is 245 Å². The first-order valence-electron chi connectivity index (χ1n) is 12.3. The molecule has 10 nitrogen and oxygen atoms in total. The van der Waals surface area contributed by atoms with Gasteiger partial charge in [0.15, 0.2) is 0 Å². The summed E-state index contributed by atoms with van der Waals surface area (Å²) in [5, 5.41) is 2.72. The molecule has 5 aromatic rings. The van der Waals surface area contributed by atoms with Crippen LogP contribution in [0.3, 0.4) is 0 Å². The molecule has 0 aliphatic rings. The maximum absolute atomic E-state index is 14.7. The van der Waals surface area contributed by atoms with Gasteiger partial charge >= 0.3 is 11.7 Å². The highest BCUT2D eigenvalue weighted by molar-refractivity contribution is 7.22. The van der Waals surface area contributed by atoms with Gasteiger partial charge in [-0.25, -0.2) is 33.4 Å². The van der Waals surface area contributed by atoms with Crippen LogP contribution in [0.2, 0.25) is 0 Å². The molecular weight excluding hydrogens is 592 g/mol. The first-order valence-corrected chi connectivity index (χ1v) is 13.6. The number of alkyl halides is 1. The number of hydrogen-bond acceptors (Lipinski definition) is 7. The number of hydrogen-bond donors (Lipinski definition) is 2. The highest BCUT2D eigenvalue weighted by Crippen LogP contribution is 2.38. The smallest absolute Gasteiger partial charge is 0.343 e.